The maximum absolute atomic E-state index is 11.9. The Bertz CT molecular complexity index is 613. The summed E-state index contributed by atoms with van der Waals surface area (Å²) in [5.41, 5.74) is 2.19. The van der Waals surface area contributed by atoms with E-state index in [9.17, 15) is 8.42 Å². The number of aryl methyl sites for hydroxylation is 1. The van der Waals surface area contributed by atoms with Crippen molar-refractivity contribution in [3.63, 3.8) is 0 Å². The molecule has 0 radical (unpaired) electrons. The molecule has 0 unspecified atom stereocenters. The van der Waals surface area contributed by atoms with Gasteiger partial charge in [-0.1, -0.05) is 45.3 Å². The van der Waals surface area contributed by atoms with Gasteiger partial charge in [0.25, 0.3) is 10.1 Å². The van der Waals surface area contributed by atoms with Crippen molar-refractivity contribution in [2.24, 2.45) is 0 Å². The Morgan fingerprint density at radius 1 is 1.26 bits per heavy atom. The zero-order valence-corrected chi connectivity index (χ0v) is 13.0. The van der Waals surface area contributed by atoms with Crippen molar-refractivity contribution in [3.8, 4) is 0 Å². The fourth-order valence-corrected chi connectivity index (χ4v) is 3.16. The third kappa shape index (κ3) is 4.03. The summed E-state index contributed by atoms with van der Waals surface area (Å²) in [4.78, 5) is 0.206. The molecule has 102 valence electrons. The smallest absolute Gasteiger partial charge is 0.266 e. The Kier molecular flexibility index (Phi) is 4.60. The molecule has 0 bridgehead atoms. The minimum Gasteiger partial charge on any atom is -0.266 e. The molecule has 0 heterocycles. The number of hydrogen-bond acceptors (Lipinski definition) is 3. The summed E-state index contributed by atoms with van der Waals surface area (Å²) in [6.45, 7) is 2.09. The second kappa shape index (κ2) is 6.03. The van der Waals surface area contributed by atoms with Gasteiger partial charge in [0.1, 0.15) is 0 Å². The summed E-state index contributed by atoms with van der Waals surface area (Å²) in [6.07, 6.45) is 5.52. The first-order valence-corrected chi connectivity index (χ1v) is 8.19. The fraction of sp³-hybridized carbons (Fsp3) is 0.286. The molecule has 1 aliphatic rings. The van der Waals surface area contributed by atoms with Crippen molar-refractivity contribution in [1.82, 2.24) is 0 Å². The van der Waals surface area contributed by atoms with Crippen molar-refractivity contribution in [2.45, 2.75) is 24.7 Å². The van der Waals surface area contributed by atoms with Gasteiger partial charge in [-0.15, -0.1) is 0 Å². The quantitative estimate of drug-likeness (QED) is 0.766. The van der Waals surface area contributed by atoms with Crippen LogP contribution in [0, 0.1) is 6.92 Å². The van der Waals surface area contributed by atoms with E-state index in [1.165, 1.54) is 5.57 Å². The van der Waals surface area contributed by atoms with Crippen LogP contribution in [0.3, 0.4) is 0 Å². The Hall–Kier alpha value is -0.910. The minimum atomic E-state index is -3.64. The molecule has 0 saturated carbocycles. The summed E-state index contributed by atoms with van der Waals surface area (Å²) in [5.74, 6) is 0. The van der Waals surface area contributed by atoms with Gasteiger partial charge in [0.2, 0.25) is 0 Å². The molecule has 0 aliphatic heterocycles. The second-order valence-electron chi connectivity index (χ2n) is 4.43. The van der Waals surface area contributed by atoms with Crippen molar-refractivity contribution in [2.75, 3.05) is 6.61 Å². The maximum Gasteiger partial charge on any atom is 0.296 e. The highest BCUT2D eigenvalue weighted by Gasteiger charge is 2.15. The van der Waals surface area contributed by atoms with E-state index in [-0.39, 0.29) is 11.5 Å². The molecule has 19 heavy (non-hydrogen) atoms. The van der Waals surface area contributed by atoms with Crippen LogP contribution in [0.5, 0.6) is 0 Å². The number of halogens is 1. The lowest BCUT2D eigenvalue weighted by molar-refractivity contribution is 0.321. The average Bonchev–Trinajstić information content (AvgIpc) is 2.75. The van der Waals surface area contributed by atoms with Gasteiger partial charge in [0, 0.05) is 4.48 Å². The Labute approximate surface area is 122 Å². The molecule has 1 aromatic carbocycles. The van der Waals surface area contributed by atoms with Crippen LogP contribution in [-0.2, 0) is 14.3 Å². The molecule has 2 rings (SSSR count). The molecular formula is C14H15BrO3S. The van der Waals surface area contributed by atoms with E-state index in [0.717, 1.165) is 16.5 Å². The molecule has 1 aromatic rings. The van der Waals surface area contributed by atoms with Crippen LogP contribution >= 0.6 is 15.9 Å². The van der Waals surface area contributed by atoms with E-state index in [0.29, 0.717) is 6.42 Å². The molecule has 0 saturated heterocycles. The first-order valence-electron chi connectivity index (χ1n) is 5.98. The van der Waals surface area contributed by atoms with Crippen LogP contribution in [-0.4, -0.2) is 15.0 Å². The van der Waals surface area contributed by atoms with E-state index in [2.05, 4.69) is 15.9 Å². The summed E-state index contributed by atoms with van der Waals surface area (Å²) in [5, 5.41) is 0. The van der Waals surface area contributed by atoms with Crippen molar-refractivity contribution >= 4 is 26.0 Å². The number of rotatable bonds is 5. The van der Waals surface area contributed by atoms with Crippen molar-refractivity contribution in [3.05, 3.63) is 52.0 Å². The predicted octanol–water partition coefficient (Wildman–Crippen LogP) is 3.70. The Morgan fingerprint density at radius 3 is 2.53 bits per heavy atom. The minimum absolute atomic E-state index is 0.177. The highest BCUT2D eigenvalue weighted by Crippen LogP contribution is 2.24. The van der Waals surface area contributed by atoms with E-state index in [1.54, 1.807) is 24.3 Å². The van der Waals surface area contributed by atoms with Gasteiger partial charge in [-0.2, -0.15) is 8.42 Å². The average molecular weight is 343 g/mol. The first-order chi connectivity index (χ1) is 8.97. The monoisotopic (exact) mass is 342 g/mol. The van der Waals surface area contributed by atoms with Gasteiger partial charge in [0.05, 0.1) is 11.5 Å². The number of hydrogen-bond donors (Lipinski definition) is 0. The van der Waals surface area contributed by atoms with Gasteiger partial charge in [-0.05, 0) is 38.0 Å². The topological polar surface area (TPSA) is 43.4 Å². The zero-order valence-electron chi connectivity index (χ0n) is 10.6. The van der Waals surface area contributed by atoms with Crippen LogP contribution in [0.25, 0.3) is 0 Å². The van der Waals surface area contributed by atoms with Crippen molar-refractivity contribution < 1.29 is 12.6 Å². The molecule has 0 fully saturated rings. The Morgan fingerprint density at radius 2 is 1.95 bits per heavy atom. The lowest BCUT2D eigenvalue weighted by Gasteiger charge is -2.06. The number of benzene rings is 1. The zero-order chi connectivity index (χ0) is 13.9. The van der Waals surface area contributed by atoms with E-state index < -0.39 is 10.1 Å². The van der Waals surface area contributed by atoms with E-state index in [1.807, 2.05) is 19.1 Å². The van der Waals surface area contributed by atoms with E-state index >= 15 is 0 Å². The van der Waals surface area contributed by atoms with Gasteiger partial charge < -0.3 is 0 Å². The van der Waals surface area contributed by atoms with Gasteiger partial charge in [0.15, 0.2) is 0 Å². The van der Waals surface area contributed by atoms with Crippen LogP contribution in [0.1, 0.15) is 18.4 Å². The third-order valence-corrected chi connectivity index (χ3v) is 4.75. The van der Waals surface area contributed by atoms with Crippen molar-refractivity contribution in [1.29, 1.82) is 0 Å². The first kappa shape index (κ1) is 14.5. The standard InChI is InChI=1S/C14H15BrO3S/c1-11-2-6-14(7-3-11)19(16,17)18-9-8-12-4-5-13(15)10-12/h2-3,5-7,10H,4,8-9H2,1H3. The molecule has 0 aromatic heterocycles. The lowest BCUT2D eigenvalue weighted by Crippen LogP contribution is -2.08. The lowest BCUT2D eigenvalue weighted by atomic mass is 10.2. The third-order valence-electron chi connectivity index (χ3n) is 2.87. The van der Waals surface area contributed by atoms with Crippen LogP contribution in [0.2, 0.25) is 0 Å². The molecule has 0 amide bonds. The molecular weight excluding hydrogens is 328 g/mol. The molecule has 3 nitrogen and oxygen atoms in total. The van der Waals surface area contributed by atoms with E-state index in [4.69, 9.17) is 4.18 Å². The highest BCUT2D eigenvalue weighted by atomic mass is 79.9. The maximum atomic E-state index is 11.9. The van der Waals surface area contributed by atoms with Gasteiger partial charge in [-0.3, -0.25) is 4.18 Å². The predicted molar refractivity (Wildman–Crippen MR) is 78.6 cm³/mol. The largest absolute Gasteiger partial charge is 0.296 e. The molecule has 5 heteroatoms. The number of allylic oxidation sites excluding steroid dienone is 3. The summed E-state index contributed by atoms with van der Waals surface area (Å²) < 4.78 is 29.9. The highest BCUT2D eigenvalue weighted by molar-refractivity contribution is 9.11. The summed E-state index contributed by atoms with van der Waals surface area (Å²) in [6, 6.07) is 6.66. The summed E-state index contributed by atoms with van der Waals surface area (Å²) in [7, 11) is -3.64. The normalized spacial score (nSPS) is 15.3. The molecule has 0 atom stereocenters. The van der Waals surface area contributed by atoms with Gasteiger partial charge >= 0.3 is 0 Å². The van der Waals surface area contributed by atoms with Gasteiger partial charge in [-0.25, -0.2) is 0 Å². The van der Waals surface area contributed by atoms with Crippen LogP contribution in [0.4, 0.5) is 0 Å². The Balaban J connectivity index is 1.91. The second-order valence-corrected chi connectivity index (χ2v) is 6.97. The SMILES string of the molecule is Cc1ccc(S(=O)(=O)OCCC2=CC(Br)=CC2)cc1. The van der Waals surface area contributed by atoms with Crippen LogP contribution < -0.4 is 0 Å². The van der Waals surface area contributed by atoms with Crippen LogP contribution in [0.15, 0.2) is 51.4 Å². The molecule has 0 N–H and O–H groups in total. The summed E-state index contributed by atoms with van der Waals surface area (Å²) >= 11 is 3.38. The fourth-order valence-electron chi connectivity index (χ4n) is 1.77. The molecule has 1 aliphatic carbocycles. The molecule has 0 spiro atoms.